The molecule has 2 aliphatic heterocycles. The zero-order chi connectivity index (χ0) is 17.1. The lowest BCUT2D eigenvalue weighted by atomic mass is 9.72. The maximum absolute atomic E-state index is 12.3. The largest absolute Gasteiger partial charge is 0.323 e. The van der Waals surface area contributed by atoms with Crippen LogP contribution in [0.4, 0.5) is 10.5 Å². The number of anilines is 1. The Hall–Kier alpha value is -2.33. The molecule has 0 saturated carbocycles. The summed E-state index contributed by atoms with van der Waals surface area (Å²) < 4.78 is 0. The van der Waals surface area contributed by atoms with Gasteiger partial charge in [-0.2, -0.15) is 0 Å². The molecule has 0 radical (unpaired) electrons. The Morgan fingerprint density at radius 1 is 0.920 bits per heavy atom. The molecule has 2 aromatic rings. The Kier molecular flexibility index (Phi) is 4.45. The van der Waals surface area contributed by atoms with Crippen molar-refractivity contribution in [2.75, 3.05) is 31.5 Å². The van der Waals surface area contributed by atoms with Gasteiger partial charge in [0.1, 0.15) is 0 Å². The number of likely N-dealkylation sites (tertiary alicyclic amines) is 2. The molecule has 0 aromatic heterocycles. The van der Waals surface area contributed by atoms with E-state index in [2.05, 4.69) is 40.5 Å². The number of amides is 2. The normalized spacial score (nSPS) is 19.4. The standard InChI is InChI=1S/C21H25N3O/c25-20(22-19-9-5-2-6-10-19)24-16-21(17-24)11-13-23(14-12-21)15-18-7-3-1-4-8-18/h1-10H,11-17H2,(H,22,25). The van der Waals surface area contributed by atoms with Crippen LogP contribution in [0.25, 0.3) is 0 Å². The molecule has 4 nitrogen and oxygen atoms in total. The predicted molar refractivity (Wildman–Crippen MR) is 100 cm³/mol. The molecule has 2 aromatic carbocycles. The van der Waals surface area contributed by atoms with E-state index >= 15 is 0 Å². The summed E-state index contributed by atoms with van der Waals surface area (Å²) >= 11 is 0. The van der Waals surface area contributed by atoms with Gasteiger partial charge >= 0.3 is 6.03 Å². The Labute approximate surface area is 149 Å². The topological polar surface area (TPSA) is 35.6 Å². The molecule has 2 saturated heterocycles. The van der Waals surface area contributed by atoms with Gasteiger partial charge in [0.05, 0.1) is 0 Å². The number of rotatable bonds is 3. The summed E-state index contributed by atoms with van der Waals surface area (Å²) in [6, 6.07) is 20.4. The number of hydrogen-bond acceptors (Lipinski definition) is 2. The third-order valence-electron chi connectivity index (χ3n) is 5.53. The second-order valence-corrected chi connectivity index (χ2v) is 7.41. The average Bonchev–Trinajstić information content (AvgIpc) is 2.62. The first-order valence-corrected chi connectivity index (χ1v) is 9.10. The molecule has 2 amide bonds. The Morgan fingerprint density at radius 3 is 2.16 bits per heavy atom. The molecule has 0 aliphatic carbocycles. The highest BCUT2D eigenvalue weighted by atomic mass is 16.2. The van der Waals surface area contributed by atoms with E-state index < -0.39 is 0 Å². The number of nitrogens with one attached hydrogen (secondary N) is 1. The summed E-state index contributed by atoms with van der Waals surface area (Å²) in [6.45, 7) is 5.08. The van der Waals surface area contributed by atoms with E-state index in [0.717, 1.165) is 38.4 Å². The van der Waals surface area contributed by atoms with Crippen molar-refractivity contribution in [2.24, 2.45) is 5.41 Å². The quantitative estimate of drug-likeness (QED) is 0.925. The Balaban J connectivity index is 1.24. The first kappa shape index (κ1) is 16.2. The van der Waals surface area contributed by atoms with Crippen molar-refractivity contribution in [3.05, 3.63) is 66.2 Å². The van der Waals surface area contributed by atoms with Crippen LogP contribution in [-0.2, 0) is 6.54 Å². The van der Waals surface area contributed by atoms with Crippen LogP contribution >= 0.6 is 0 Å². The van der Waals surface area contributed by atoms with Crippen molar-refractivity contribution in [3.8, 4) is 0 Å². The van der Waals surface area contributed by atoms with E-state index in [1.54, 1.807) is 0 Å². The first-order chi connectivity index (χ1) is 12.2. The fourth-order valence-corrected chi connectivity index (χ4v) is 3.97. The summed E-state index contributed by atoms with van der Waals surface area (Å²) in [5.41, 5.74) is 2.60. The van der Waals surface area contributed by atoms with Gasteiger partial charge in [0.15, 0.2) is 0 Å². The Morgan fingerprint density at radius 2 is 1.52 bits per heavy atom. The van der Waals surface area contributed by atoms with Crippen molar-refractivity contribution in [1.82, 2.24) is 9.80 Å². The van der Waals surface area contributed by atoms with Gasteiger partial charge in [-0.3, -0.25) is 4.90 Å². The lowest BCUT2D eigenvalue weighted by Gasteiger charge is -2.53. The molecular formula is C21H25N3O. The summed E-state index contributed by atoms with van der Waals surface area (Å²) in [7, 11) is 0. The van der Waals surface area contributed by atoms with Crippen LogP contribution < -0.4 is 5.32 Å². The number of carbonyl (C=O) groups excluding carboxylic acids is 1. The molecule has 130 valence electrons. The van der Waals surface area contributed by atoms with Gasteiger partial charge in [-0.15, -0.1) is 0 Å². The number of hydrogen-bond donors (Lipinski definition) is 1. The van der Waals surface area contributed by atoms with Gasteiger partial charge in [-0.05, 0) is 43.6 Å². The zero-order valence-electron chi connectivity index (χ0n) is 14.5. The summed E-state index contributed by atoms with van der Waals surface area (Å²) in [6.07, 6.45) is 2.38. The minimum Gasteiger partial charge on any atom is -0.323 e. The van der Waals surface area contributed by atoms with E-state index in [1.807, 2.05) is 35.2 Å². The third-order valence-corrected chi connectivity index (χ3v) is 5.53. The number of urea groups is 1. The van der Waals surface area contributed by atoms with Crippen molar-refractivity contribution >= 4 is 11.7 Å². The van der Waals surface area contributed by atoms with Crippen LogP contribution in [0.5, 0.6) is 0 Å². The third kappa shape index (κ3) is 3.69. The highest BCUT2D eigenvalue weighted by Crippen LogP contribution is 2.40. The number of para-hydroxylation sites is 1. The lowest BCUT2D eigenvalue weighted by molar-refractivity contribution is -0.0200. The molecule has 2 aliphatic rings. The van der Waals surface area contributed by atoms with Crippen molar-refractivity contribution in [2.45, 2.75) is 19.4 Å². The Bertz CT molecular complexity index is 700. The molecule has 2 heterocycles. The van der Waals surface area contributed by atoms with E-state index in [-0.39, 0.29) is 6.03 Å². The van der Waals surface area contributed by atoms with Crippen LogP contribution in [0.3, 0.4) is 0 Å². The van der Waals surface area contributed by atoms with Gasteiger partial charge in [-0.25, -0.2) is 4.79 Å². The second kappa shape index (κ2) is 6.89. The fraction of sp³-hybridized carbons (Fsp3) is 0.381. The molecule has 4 rings (SSSR count). The van der Waals surface area contributed by atoms with Gasteiger partial charge in [0, 0.05) is 30.7 Å². The molecule has 2 fully saturated rings. The molecule has 25 heavy (non-hydrogen) atoms. The average molecular weight is 335 g/mol. The van der Waals surface area contributed by atoms with Crippen molar-refractivity contribution < 1.29 is 4.79 Å². The molecule has 0 unspecified atom stereocenters. The summed E-state index contributed by atoms with van der Waals surface area (Å²) in [5.74, 6) is 0. The lowest BCUT2D eigenvalue weighted by Crippen LogP contribution is -2.62. The highest BCUT2D eigenvalue weighted by Gasteiger charge is 2.46. The van der Waals surface area contributed by atoms with Crippen LogP contribution in [0.1, 0.15) is 18.4 Å². The number of piperidine rings is 1. The number of benzene rings is 2. The van der Waals surface area contributed by atoms with Crippen LogP contribution in [0, 0.1) is 5.41 Å². The molecular weight excluding hydrogens is 310 g/mol. The van der Waals surface area contributed by atoms with Crippen molar-refractivity contribution in [3.63, 3.8) is 0 Å². The molecule has 1 N–H and O–H groups in total. The van der Waals surface area contributed by atoms with Crippen LogP contribution in [-0.4, -0.2) is 42.0 Å². The maximum Gasteiger partial charge on any atom is 0.321 e. The van der Waals surface area contributed by atoms with Crippen LogP contribution in [0.15, 0.2) is 60.7 Å². The van der Waals surface area contributed by atoms with E-state index in [0.29, 0.717) is 5.41 Å². The number of nitrogens with zero attached hydrogens (tertiary/aromatic N) is 2. The smallest absolute Gasteiger partial charge is 0.321 e. The van der Waals surface area contributed by atoms with E-state index in [9.17, 15) is 4.79 Å². The SMILES string of the molecule is O=C(Nc1ccccc1)N1CC2(CCN(Cc3ccccc3)CC2)C1. The molecule has 0 atom stereocenters. The van der Waals surface area contributed by atoms with Gasteiger partial charge in [-0.1, -0.05) is 48.5 Å². The van der Waals surface area contributed by atoms with E-state index in [4.69, 9.17) is 0 Å². The molecule has 0 bridgehead atoms. The van der Waals surface area contributed by atoms with Gasteiger partial charge in [0.25, 0.3) is 0 Å². The second-order valence-electron chi connectivity index (χ2n) is 7.41. The molecule has 4 heteroatoms. The summed E-state index contributed by atoms with van der Waals surface area (Å²) in [4.78, 5) is 16.8. The van der Waals surface area contributed by atoms with E-state index in [1.165, 1.54) is 18.4 Å². The number of carbonyl (C=O) groups is 1. The predicted octanol–water partition coefficient (Wildman–Crippen LogP) is 3.82. The fourth-order valence-electron chi connectivity index (χ4n) is 3.97. The first-order valence-electron chi connectivity index (χ1n) is 9.10. The summed E-state index contributed by atoms with van der Waals surface area (Å²) in [5, 5.41) is 2.98. The monoisotopic (exact) mass is 335 g/mol. The minimum atomic E-state index is 0.0311. The van der Waals surface area contributed by atoms with Crippen molar-refractivity contribution in [1.29, 1.82) is 0 Å². The minimum absolute atomic E-state index is 0.0311. The van der Waals surface area contributed by atoms with Crippen LogP contribution in [0.2, 0.25) is 0 Å². The van der Waals surface area contributed by atoms with Gasteiger partial charge < -0.3 is 10.2 Å². The highest BCUT2D eigenvalue weighted by molar-refractivity contribution is 5.89. The van der Waals surface area contributed by atoms with Gasteiger partial charge in [0.2, 0.25) is 0 Å². The zero-order valence-corrected chi connectivity index (χ0v) is 14.5. The maximum atomic E-state index is 12.3. The molecule has 1 spiro atoms.